The molecule has 0 fully saturated rings. The van der Waals surface area contributed by atoms with E-state index in [1.165, 1.54) is 12.1 Å². The van der Waals surface area contributed by atoms with Crippen molar-refractivity contribution in [2.75, 3.05) is 6.54 Å². The van der Waals surface area contributed by atoms with Crippen LogP contribution in [-0.2, 0) is 6.42 Å². The number of hydrogen-bond donors (Lipinski definition) is 1. The van der Waals surface area contributed by atoms with Gasteiger partial charge in [-0.3, -0.25) is 15.2 Å². The molecule has 1 amide bonds. The summed E-state index contributed by atoms with van der Waals surface area (Å²) < 4.78 is 15.2. The van der Waals surface area contributed by atoms with Crippen molar-refractivity contribution in [3.63, 3.8) is 0 Å². The second-order valence-electron chi connectivity index (χ2n) is 8.40. The molecular formula is C26H19Cl4FN4O. The predicted octanol–water partition coefficient (Wildman–Crippen LogP) is 7.36. The highest BCUT2D eigenvalue weighted by atomic mass is 35.5. The molecule has 0 radical (unpaired) electrons. The minimum atomic E-state index is -0.384. The molecule has 2 aliphatic rings. The van der Waals surface area contributed by atoms with Crippen LogP contribution in [0.3, 0.4) is 0 Å². The Morgan fingerprint density at radius 1 is 1.06 bits per heavy atom. The Labute approximate surface area is 227 Å². The standard InChI is InChI=1S/C26H19Cl4FN4O/c27-17-6-9-23(21(29)13-17)35-25-16(12-15-4-7-18(31)8-5-15)2-1-3-19(25)24(32-35)26(36)33-34-11-10-20(28)22(30)14-34/h4-13H,1-3,14H2,(H,33,36)/b16-12+. The number of carbonyl (C=O) groups is 1. The van der Waals surface area contributed by atoms with E-state index < -0.39 is 0 Å². The van der Waals surface area contributed by atoms with Crippen molar-refractivity contribution >= 4 is 64.0 Å². The van der Waals surface area contributed by atoms with Gasteiger partial charge in [-0.1, -0.05) is 58.5 Å². The number of hydrogen-bond acceptors (Lipinski definition) is 3. The van der Waals surface area contributed by atoms with Gasteiger partial charge in [-0.2, -0.15) is 5.10 Å². The molecule has 1 N–H and O–H groups in total. The van der Waals surface area contributed by atoms with Crippen LogP contribution in [-0.4, -0.2) is 27.2 Å². The minimum Gasteiger partial charge on any atom is -0.287 e. The first-order valence-corrected chi connectivity index (χ1v) is 12.6. The van der Waals surface area contributed by atoms with Gasteiger partial charge in [0.25, 0.3) is 5.91 Å². The second kappa shape index (κ2) is 10.3. The Morgan fingerprint density at radius 3 is 2.56 bits per heavy atom. The van der Waals surface area contributed by atoms with Crippen LogP contribution >= 0.6 is 46.4 Å². The third-order valence-electron chi connectivity index (χ3n) is 5.94. The van der Waals surface area contributed by atoms with E-state index in [4.69, 9.17) is 51.5 Å². The summed E-state index contributed by atoms with van der Waals surface area (Å²) in [7, 11) is 0. The van der Waals surface area contributed by atoms with Gasteiger partial charge in [-0.15, -0.1) is 0 Å². The van der Waals surface area contributed by atoms with Crippen LogP contribution in [0.2, 0.25) is 10.0 Å². The topological polar surface area (TPSA) is 50.2 Å². The van der Waals surface area contributed by atoms with E-state index in [2.05, 4.69) is 5.43 Å². The third kappa shape index (κ3) is 5.04. The highest BCUT2D eigenvalue weighted by Gasteiger charge is 2.30. The number of hydrazine groups is 1. The van der Waals surface area contributed by atoms with E-state index in [-0.39, 0.29) is 24.0 Å². The number of rotatable bonds is 4. The van der Waals surface area contributed by atoms with Crippen molar-refractivity contribution in [1.29, 1.82) is 0 Å². The molecular weight excluding hydrogens is 545 g/mol. The summed E-state index contributed by atoms with van der Waals surface area (Å²) in [4.78, 5) is 13.4. The van der Waals surface area contributed by atoms with Gasteiger partial charge in [0.2, 0.25) is 0 Å². The summed E-state index contributed by atoms with van der Waals surface area (Å²) in [6.07, 6.45) is 7.49. The molecule has 1 aliphatic carbocycles. The molecule has 5 rings (SSSR count). The van der Waals surface area contributed by atoms with Gasteiger partial charge < -0.3 is 0 Å². The van der Waals surface area contributed by atoms with E-state index >= 15 is 0 Å². The number of halogens is 5. The summed E-state index contributed by atoms with van der Waals surface area (Å²) >= 11 is 24.9. The second-order valence-corrected chi connectivity index (χ2v) is 10.1. The fourth-order valence-corrected chi connectivity index (χ4v) is 5.08. The molecule has 3 aromatic rings. The third-order valence-corrected chi connectivity index (χ3v) is 7.25. The molecule has 2 aromatic carbocycles. The van der Waals surface area contributed by atoms with Crippen molar-refractivity contribution < 1.29 is 9.18 Å². The van der Waals surface area contributed by atoms with Crippen LogP contribution in [0.1, 0.15) is 40.2 Å². The van der Waals surface area contributed by atoms with Crippen LogP contribution in [0.25, 0.3) is 17.3 Å². The van der Waals surface area contributed by atoms with Crippen molar-refractivity contribution in [2.24, 2.45) is 0 Å². The summed E-state index contributed by atoms with van der Waals surface area (Å²) in [5, 5.41) is 8.00. The lowest BCUT2D eigenvalue weighted by molar-refractivity contribution is 0.0853. The molecule has 184 valence electrons. The molecule has 1 aromatic heterocycles. The van der Waals surface area contributed by atoms with Gasteiger partial charge in [-0.25, -0.2) is 9.07 Å². The maximum atomic E-state index is 13.5. The monoisotopic (exact) mass is 562 g/mol. The molecule has 0 saturated carbocycles. The van der Waals surface area contributed by atoms with Crippen LogP contribution in [0.4, 0.5) is 4.39 Å². The van der Waals surface area contributed by atoms with Gasteiger partial charge in [0, 0.05) is 16.8 Å². The Bertz CT molecular complexity index is 1440. The van der Waals surface area contributed by atoms with E-state index in [0.717, 1.165) is 35.2 Å². The Balaban J connectivity index is 1.60. The van der Waals surface area contributed by atoms with Gasteiger partial charge in [-0.05, 0) is 72.9 Å². The molecule has 2 heterocycles. The van der Waals surface area contributed by atoms with Gasteiger partial charge in [0.1, 0.15) is 5.82 Å². The molecule has 0 unspecified atom stereocenters. The van der Waals surface area contributed by atoms with E-state index in [0.29, 0.717) is 32.2 Å². The normalized spacial score (nSPS) is 16.5. The first-order chi connectivity index (χ1) is 17.3. The quantitative estimate of drug-likeness (QED) is 0.361. The summed E-state index contributed by atoms with van der Waals surface area (Å²) in [5.41, 5.74) is 7.12. The van der Waals surface area contributed by atoms with Gasteiger partial charge >= 0.3 is 0 Å². The Morgan fingerprint density at radius 2 is 1.83 bits per heavy atom. The maximum absolute atomic E-state index is 13.5. The lowest BCUT2D eigenvalue weighted by atomic mass is 9.89. The van der Waals surface area contributed by atoms with Crippen molar-refractivity contribution in [1.82, 2.24) is 20.2 Å². The average Bonchev–Trinajstić information content (AvgIpc) is 3.23. The molecule has 10 heteroatoms. The fourth-order valence-electron chi connectivity index (χ4n) is 4.29. The average molecular weight is 564 g/mol. The van der Waals surface area contributed by atoms with E-state index in [1.807, 2.05) is 6.08 Å². The number of fused-ring (bicyclic) bond motifs is 1. The summed E-state index contributed by atoms with van der Waals surface area (Å²) in [6.45, 7) is 0.240. The molecule has 0 atom stereocenters. The van der Waals surface area contributed by atoms with E-state index in [9.17, 15) is 9.18 Å². The molecule has 0 spiro atoms. The largest absolute Gasteiger partial charge is 0.290 e. The van der Waals surface area contributed by atoms with Gasteiger partial charge in [0.15, 0.2) is 5.69 Å². The molecule has 0 saturated heterocycles. The number of nitrogens with zero attached hydrogens (tertiary/aromatic N) is 3. The SMILES string of the molecule is O=C(NN1C=CC(Cl)=C(Cl)C1)c1nn(-c2ccc(Cl)cc2Cl)c2c1CCC/C2=C\c1ccc(F)cc1. The lowest BCUT2D eigenvalue weighted by Gasteiger charge is -2.24. The van der Waals surface area contributed by atoms with Crippen LogP contribution in [0, 0.1) is 5.82 Å². The van der Waals surface area contributed by atoms with Crippen molar-refractivity contribution in [2.45, 2.75) is 19.3 Å². The molecule has 5 nitrogen and oxygen atoms in total. The minimum absolute atomic E-state index is 0.240. The molecule has 0 bridgehead atoms. The fraction of sp³-hybridized carbons (Fsp3) is 0.154. The lowest BCUT2D eigenvalue weighted by Crippen LogP contribution is -2.40. The summed E-state index contributed by atoms with van der Waals surface area (Å²) in [5.74, 6) is -0.688. The Kier molecular flexibility index (Phi) is 7.13. The number of aromatic nitrogens is 2. The maximum Gasteiger partial charge on any atom is 0.290 e. The first-order valence-electron chi connectivity index (χ1n) is 11.1. The van der Waals surface area contributed by atoms with Crippen LogP contribution in [0.5, 0.6) is 0 Å². The highest BCUT2D eigenvalue weighted by Crippen LogP contribution is 2.37. The van der Waals surface area contributed by atoms with Crippen molar-refractivity contribution in [3.05, 3.63) is 103 Å². The number of nitrogens with one attached hydrogen (secondary N) is 1. The number of amides is 1. The predicted molar refractivity (Wildman–Crippen MR) is 143 cm³/mol. The van der Waals surface area contributed by atoms with E-state index in [1.54, 1.807) is 52.3 Å². The summed E-state index contributed by atoms with van der Waals surface area (Å²) in [6, 6.07) is 11.4. The number of allylic oxidation sites excluding steroid dienone is 3. The molecule has 36 heavy (non-hydrogen) atoms. The number of carbonyl (C=O) groups excluding carboxylic acids is 1. The zero-order chi connectivity index (χ0) is 25.4. The Hall–Kier alpha value is -2.77. The van der Waals surface area contributed by atoms with Crippen molar-refractivity contribution in [3.8, 4) is 5.69 Å². The number of benzene rings is 2. The highest BCUT2D eigenvalue weighted by molar-refractivity contribution is 6.40. The van der Waals surface area contributed by atoms with Crippen LogP contribution in [0.15, 0.2) is 64.8 Å². The zero-order valence-corrected chi connectivity index (χ0v) is 21.8. The first kappa shape index (κ1) is 24.9. The van der Waals surface area contributed by atoms with Crippen LogP contribution < -0.4 is 5.43 Å². The smallest absolute Gasteiger partial charge is 0.287 e. The zero-order valence-electron chi connectivity index (χ0n) is 18.7. The van der Waals surface area contributed by atoms with Gasteiger partial charge in [0.05, 0.1) is 33.0 Å². The molecule has 1 aliphatic heterocycles.